The lowest BCUT2D eigenvalue weighted by molar-refractivity contribution is 0.0378. The average Bonchev–Trinajstić information content (AvgIpc) is 2.71. The number of carbonyl (C=O) groups is 1. The summed E-state index contributed by atoms with van der Waals surface area (Å²) in [4.78, 5) is 12.1. The summed E-state index contributed by atoms with van der Waals surface area (Å²) in [5, 5.41) is 0. The van der Waals surface area contributed by atoms with Gasteiger partial charge in [0, 0.05) is 0 Å². The number of rotatable bonds is 2. The van der Waals surface area contributed by atoms with Gasteiger partial charge in [-0.1, -0.05) is 42.5 Å². The minimum absolute atomic E-state index is 0.120. The summed E-state index contributed by atoms with van der Waals surface area (Å²) in [5.41, 5.74) is 0.110. The van der Waals surface area contributed by atoms with Crippen LogP contribution in [-0.4, -0.2) is 37.1 Å². The highest BCUT2D eigenvalue weighted by Crippen LogP contribution is 2.23. The predicted octanol–water partition coefficient (Wildman–Crippen LogP) is 2.58. The third kappa shape index (κ3) is 4.08. The summed E-state index contributed by atoms with van der Waals surface area (Å²) in [6, 6.07) is 8.64. The highest BCUT2D eigenvalue weighted by molar-refractivity contribution is 7.85. The third-order valence-corrected chi connectivity index (χ3v) is 4.15. The van der Waals surface area contributed by atoms with E-state index in [2.05, 4.69) is 0 Å². The molecule has 1 amide bonds. The fourth-order valence-corrected chi connectivity index (χ4v) is 3.01. The molecule has 0 aromatic heterocycles. The van der Waals surface area contributed by atoms with Crippen LogP contribution >= 0.6 is 0 Å². The van der Waals surface area contributed by atoms with Crippen LogP contribution in [0.3, 0.4) is 0 Å². The zero-order chi connectivity index (χ0) is 16.4. The fourth-order valence-electron chi connectivity index (χ4n) is 1.90. The van der Waals surface area contributed by atoms with Crippen LogP contribution in [-0.2, 0) is 19.2 Å². The molecule has 0 radical (unpaired) electrons. The number of ether oxygens (including phenoxy) is 1. The number of nitrogens with zero attached hydrogens (tertiary/aromatic N) is 1. The summed E-state index contributed by atoms with van der Waals surface area (Å²) in [6.45, 7) is 4.89. The number of carbonyl (C=O) groups excluding carboxylic acids is 1. The normalized spacial score (nSPS) is 21.2. The van der Waals surface area contributed by atoms with Gasteiger partial charge in [0.2, 0.25) is 0 Å². The van der Waals surface area contributed by atoms with Gasteiger partial charge in [-0.25, -0.2) is 4.79 Å². The molecule has 0 unspecified atom stereocenters. The second-order valence-corrected chi connectivity index (χ2v) is 7.34. The molecule has 2 rings (SSSR count). The minimum atomic E-state index is -4.10. The maximum Gasteiger partial charge on any atom is 0.426 e. The van der Waals surface area contributed by atoms with Crippen LogP contribution in [0.4, 0.5) is 4.79 Å². The van der Waals surface area contributed by atoms with E-state index in [-0.39, 0.29) is 6.61 Å². The molecule has 7 heteroatoms. The summed E-state index contributed by atoms with van der Waals surface area (Å²) < 4.78 is 34.3. The summed E-state index contributed by atoms with van der Waals surface area (Å²) in [7, 11) is -4.10. The van der Waals surface area contributed by atoms with Crippen molar-refractivity contribution in [1.29, 1.82) is 0 Å². The van der Waals surface area contributed by atoms with E-state index in [1.54, 1.807) is 32.9 Å². The molecule has 22 heavy (non-hydrogen) atoms. The van der Waals surface area contributed by atoms with Gasteiger partial charge in [-0.3, -0.25) is 4.18 Å². The van der Waals surface area contributed by atoms with Gasteiger partial charge in [-0.05, 0) is 26.3 Å². The second kappa shape index (κ2) is 6.10. The van der Waals surface area contributed by atoms with E-state index in [1.807, 2.05) is 30.3 Å². The van der Waals surface area contributed by atoms with Gasteiger partial charge in [0.1, 0.15) is 5.60 Å². The molecule has 1 aromatic carbocycles. The van der Waals surface area contributed by atoms with Crippen LogP contribution in [0.5, 0.6) is 0 Å². The Balaban J connectivity index is 2.20. The maximum absolute atomic E-state index is 12.1. The van der Waals surface area contributed by atoms with Crippen molar-refractivity contribution in [3.8, 4) is 0 Å². The Hall–Kier alpha value is -1.86. The molecule has 0 bridgehead atoms. The van der Waals surface area contributed by atoms with E-state index in [0.29, 0.717) is 4.31 Å². The van der Waals surface area contributed by atoms with Gasteiger partial charge in [0.05, 0.1) is 12.6 Å². The lowest BCUT2D eigenvalue weighted by Gasteiger charge is -2.24. The standard InChI is InChI=1S/C15H19NO5S/c1-15(2,3)21-14(17)16-13(11-20-22(16,18)19)10-9-12-7-5-4-6-8-12/h4-10,13H,11H2,1-3H3/b10-9+/t13-/m0/s1. The van der Waals surface area contributed by atoms with E-state index in [0.717, 1.165) is 5.56 Å². The van der Waals surface area contributed by atoms with Gasteiger partial charge in [-0.2, -0.15) is 12.7 Å². The number of hydrogen-bond acceptors (Lipinski definition) is 5. The zero-order valence-corrected chi connectivity index (χ0v) is 13.5. The maximum atomic E-state index is 12.1. The first-order valence-corrected chi connectivity index (χ1v) is 8.20. The Morgan fingerprint density at radius 2 is 1.95 bits per heavy atom. The molecule has 0 aliphatic carbocycles. The monoisotopic (exact) mass is 325 g/mol. The lowest BCUT2D eigenvalue weighted by atomic mass is 10.2. The van der Waals surface area contributed by atoms with Crippen LogP contribution in [0.15, 0.2) is 36.4 Å². The van der Waals surface area contributed by atoms with Gasteiger partial charge in [-0.15, -0.1) is 0 Å². The zero-order valence-electron chi connectivity index (χ0n) is 12.7. The van der Waals surface area contributed by atoms with E-state index >= 15 is 0 Å². The molecule has 1 aliphatic heterocycles. The van der Waals surface area contributed by atoms with Crippen LogP contribution in [0.25, 0.3) is 6.08 Å². The lowest BCUT2D eigenvalue weighted by Crippen LogP contribution is -2.41. The van der Waals surface area contributed by atoms with Crippen molar-refractivity contribution in [1.82, 2.24) is 4.31 Å². The highest BCUT2D eigenvalue weighted by Gasteiger charge is 2.43. The largest absolute Gasteiger partial charge is 0.443 e. The number of amides is 1. The Labute approximate surface area is 130 Å². The fraction of sp³-hybridized carbons (Fsp3) is 0.400. The van der Waals surface area contributed by atoms with Gasteiger partial charge < -0.3 is 4.74 Å². The molecular formula is C15H19NO5S. The van der Waals surface area contributed by atoms with Crippen molar-refractivity contribution in [2.75, 3.05) is 6.61 Å². The third-order valence-electron chi connectivity index (χ3n) is 2.81. The Kier molecular flexibility index (Phi) is 4.58. The Morgan fingerprint density at radius 1 is 1.32 bits per heavy atom. The molecule has 1 saturated heterocycles. The van der Waals surface area contributed by atoms with Crippen molar-refractivity contribution in [3.05, 3.63) is 42.0 Å². The van der Waals surface area contributed by atoms with Crippen LogP contribution < -0.4 is 0 Å². The first-order chi connectivity index (χ1) is 10.2. The molecular weight excluding hydrogens is 306 g/mol. The smallest absolute Gasteiger partial charge is 0.426 e. The van der Waals surface area contributed by atoms with Crippen molar-refractivity contribution < 1.29 is 22.1 Å². The van der Waals surface area contributed by atoms with Crippen molar-refractivity contribution in [3.63, 3.8) is 0 Å². The molecule has 6 nitrogen and oxygen atoms in total. The summed E-state index contributed by atoms with van der Waals surface area (Å²) >= 11 is 0. The van der Waals surface area contributed by atoms with E-state index in [9.17, 15) is 13.2 Å². The molecule has 0 spiro atoms. The molecule has 120 valence electrons. The average molecular weight is 325 g/mol. The number of hydrogen-bond donors (Lipinski definition) is 0. The second-order valence-electron chi connectivity index (χ2n) is 5.86. The van der Waals surface area contributed by atoms with E-state index in [1.165, 1.54) is 0 Å². The molecule has 0 saturated carbocycles. The minimum Gasteiger partial charge on any atom is -0.443 e. The predicted molar refractivity (Wildman–Crippen MR) is 82.2 cm³/mol. The van der Waals surface area contributed by atoms with Crippen molar-refractivity contribution in [2.45, 2.75) is 32.4 Å². The number of benzene rings is 1. The topological polar surface area (TPSA) is 72.9 Å². The highest BCUT2D eigenvalue weighted by atomic mass is 32.2. The first kappa shape index (κ1) is 16.5. The molecule has 1 aromatic rings. The van der Waals surface area contributed by atoms with Crippen molar-refractivity contribution >= 4 is 22.5 Å². The van der Waals surface area contributed by atoms with E-state index in [4.69, 9.17) is 8.92 Å². The van der Waals surface area contributed by atoms with Gasteiger partial charge in [0.15, 0.2) is 0 Å². The molecule has 0 N–H and O–H groups in total. The first-order valence-electron chi connectivity index (χ1n) is 6.84. The SMILES string of the molecule is CC(C)(C)OC(=O)N1[C@@H](/C=C/c2ccccc2)COS1(=O)=O. The van der Waals surface area contributed by atoms with Gasteiger partial charge >= 0.3 is 16.4 Å². The van der Waals surface area contributed by atoms with Gasteiger partial charge in [0.25, 0.3) is 0 Å². The summed E-state index contributed by atoms with van der Waals surface area (Å²) in [5.74, 6) is 0. The quantitative estimate of drug-likeness (QED) is 0.835. The van der Waals surface area contributed by atoms with Crippen LogP contribution in [0.2, 0.25) is 0 Å². The van der Waals surface area contributed by atoms with Crippen molar-refractivity contribution in [2.24, 2.45) is 0 Å². The Bertz CT molecular complexity index is 661. The molecule has 1 heterocycles. The summed E-state index contributed by atoms with van der Waals surface area (Å²) in [6.07, 6.45) is 2.42. The molecule has 1 atom stereocenters. The van der Waals surface area contributed by atoms with Crippen LogP contribution in [0.1, 0.15) is 26.3 Å². The Morgan fingerprint density at radius 3 is 2.55 bits per heavy atom. The van der Waals surface area contributed by atoms with Crippen LogP contribution in [0, 0.1) is 0 Å². The molecule has 1 aliphatic rings. The van der Waals surface area contributed by atoms with E-state index < -0.39 is 28.0 Å². The molecule has 1 fully saturated rings.